The summed E-state index contributed by atoms with van der Waals surface area (Å²) in [4.78, 5) is 2.42. The third-order valence-electron chi connectivity index (χ3n) is 4.77. The Hall–Kier alpha value is -0.870. The molecule has 2 heterocycles. The fourth-order valence-electron chi connectivity index (χ4n) is 3.61. The van der Waals surface area contributed by atoms with Crippen molar-refractivity contribution < 1.29 is 4.52 Å². The van der Waals surface area contributed by atoms with Crippen LogP contribution in [0.5, 0.6) is 0 Å². The molecular weight excluding hydrogens is 250 g/mol. The van der Waals surface area contributed by atoms with Gasteiger partial charge in [0.1, 0.15) is 0 Å². The zero-order valence-electron chi connectivity index (χ0n) is 12.4. The molecule has 0 radical (unpaired) electrons. The van der Waals surface area contributed by atoms with Crippen molar-refractivity contribution in [3.63, 3.8) is 0 Å². The van der Waals surface area contributed by atoms with Crippen LogP contribution in [0.1, 0.15) is 68.7 Å². The molecule has 1 aromatic rings. The van der Waals surface area contributed by atoms with Crippen molar-refractivity contribution in [3.8, 4) is 0 Å². The van der Waals surface area contributed by atoms with Crippen molar-refractivity contribution in [3.05, 3.63) is 17.5 Å². The Morgan fingerprint density at radius 3 is 2.80 bits per heavy atom. The molecule has 2 N–H and O–H groups in total. The van der Waals surface area contributed by atoms with E-state index in [0.29, 0.717) is 12.0 Å². The Balaban J connectivity index is 1.58. The number of rotatable bonds is 3. The van der Waals surface area contributed by atoms with Gasteiger partial charge in [-0.05, 0) is 32.2 Å². The van der Waals surface area contributed by atoms with Gasteiger partial charge in [0.05, 0.1) is 12.2 Å². The fourth-order valence-corrected chi connectivity index (χ4v) is 3.61. The van der Waals surface area contributed by atoms with Crippen LogP contribution in [-0.4, -0.2) is 29.2 Å². The molecule has 20 heavy (non-hydrogen) atoms. The second kappa shape index (κ2) is 6.72. The summed E-state index contributed by atoms with van der Waals surface area (Å²) in [6.45, 7) is 2.99. The quantitative estimate of drug-likeness (QED) is 0.922. The summed E-state index contributed by atoms with van der Waals surface area (Å²) in [5.41, 5.74) is 7.29. The van der Waals surface area contributed by atoms with Gasteiger partial charge in [0.2, 0.25) is 0 Å². The highest BCUT2D eigenvalue weighted by molar-refractivity contribution is 5.11. The molecule has 1 aliphatic carbocycles. The lowest BCUT2D eigenvalue weighted by molar-refractivity contribution is 0.229. The van der Waals surface area contributed by atoms with Crippen LogP contribution in [0.2, 0.25) is 0 Å². The Morgan fingerprint density at radius 1 is 1.15 bits per heavy atom. The lowest BCUT2D eigenvalue weighted by Crippen LogP contribution is -2.35. The van der Waals surface area contributed by atoms with Gasteiger partial charge >= 0.3 is 0 Å². The third-order valence-corrected chi connectivity index (χ3v) is 4.77. The van der Waals surface area contributed by atoms with E-state index in [4.69, 9.17) is 10.3 Å². The zero-order valence-corrected chi connectivity index (χ0v) is 12.4. The molecule has 1 atom stereocenters. The van der Waals surface area contributed by atoms with Crippen LogP contribution in [-0.2, 0) is 6.54 Å². The number of nitrogens with two attached hydrogens (primary N) is 1. The molecule has 0 unspecified atom stereocenters. The molecule has 1 saturated heterocycles. The fraction of sp³-hybridized carbons (Fsp3) is 0.812. The third kappa shape index (κ3) is 3.61. The van der Waals surface area contributed by atoms with Gasteiger partial charge in [-0.3, -0.25) is 4.90 Å². The SMILES string of the molecule is N[C@H]1CCCCN(Cc2cc(C3CCCCC3)no2)C1. The molecule has 3 rings (SSSR count). The second-order valence-corrected chi connectivity index (χ2v) is 6.54. The van der Waals surface area contributed by atoms with Crippen molar-refractivity contribution >= 4 is 0 Å². The summed E-state index contributed by atoms with van der Waals surface area (Å²) in [6, 6.07) is 2.50. The lowest BCUT2D eigenvalue weighted by Gasteiger charge is -2.20. The van der Waals surface area contributed by atoms with Gasteiger partial charge in [0, 0.05) is 24.6 Å². The summed E-state index contributed by atoms with van der Waals surface area (Å²) < 4.78 is 5.56. The zero-order chi connectivity index (χ0) is 13.8. The van der Waals surface area contributed by atoms with Crippen LogP contribution >= 0.6 is 0 Å². The molecule has 112 valence electrons. The maximum absolute atomic E-state index is 6.11. The van der Waals surface area contributed by atoms with E-state index in [1.807, 2.05) is 0 Å². The van der Waals surface area contributed by atoms with Gasteiger partial charge < -0.3 is 10.3 Å². The van der Waals surface area contributed by atoms with Gasteiger partial charge in [-0.15, -0.1) is 0 Å². The van der Waals surface area contributed by atoms with Gasteiger partial charge in [-0.25, -0.2) is 0 Å². The number of hydrogen-bond donors (Lipinski definition) is 1. The molecule has 4 nitrogen and oxygen atoms in total. The van der Waals surface area contributed by atoms with E-state index in [1.54, 1.807) is 0 Å². The molecule has 1 aliphatic heterocycles. The van der Waals surface area contributed by atoms with Gasteiger partial charge in [0.15, 0.2) is 5.76 Å². The summed E-state index contributed by atoms with van der Waals surface area (Å²) in [5.74, 6) is 1.65. The minimum Gasteiger partial charge on any atom is -0.360 e. The average Bonchev–Trinajstić information content (AvgIpc) is 2.83. The summed E-state index contributed by atoms with van der Waals surface area (Å²) >= 11 is 0. The smallest absolute Gasteiger partial charge is 0.150 e. The van der Waals surface area contributed by atoms with Gasteiger partial charge in [0.25, 0.3) is 0 Å². The normalized spacial score (nSPS) is 26.6. The molecule has 0 aromatic carbocycles. The van der Waals surface area contributed by atoms with Crippen molar-refractivity contribution in [2.45, 2.75) is 69.9 Å². The molecule has 0 bridgehead atoms. The van der Waals surface area contributed by atoms with E-state index in [1.165, 1.54) is 50.6 Å². The van der Waals surface area contributed by atoms with E-state index in [0.717, 1.165) is 31.8 Å². The van der Waals surface area contributed by atoms with Crippen LogP contribution < -0.4 is 5.73 Å². The monoisotopic (exact) mass is 277 g/mol. The maximum Gasteiger partial charge on any atom is 0.150 e. The molecular formula is C16H27N3O. The predicted molar refractivity (Wildman–Crippen MR) is 79.4 cm³/mol. The summed E-state index contributed by atoms with van der Waals surface area (Å²) in [5, 5.41) is 4.31. The number of nitrogens with zero attached hydrogens (tertiary/aromatic N) is 2. The highest BCUT2D eigenvalue weighted by atomic mass is 16.5. The average molecular weight is 277 g/mol. The number of hydrogen-bond acceptors (Lipinski definition) is 4. The van der Waals surface area contributed by atoms with Crippen LogP contribution in [0.3, 0.4) is 0 Å². The molecule has 0 spiro atoms. The molecule has 2 fully saturated rings. The number of likely N-dealkylation sites (tertiary alicyclic amines) is 1. The maximum atomic E-state index is 6.11. The van der Waals surface area contributed by atoms with E-state index in [-0.39, 0.29) is 0 Å². The summed E-state index contributed by atoms with van der Waals surface area (Å²) in [7, 11) is 0. The summed E-state index contributed by atoms with van der Waals surface area (Å²) in [6.07, 6.45) is 10.3. The van der Waals surface area contributed by atoms with Gasteiger partial charge in [-0.2, -0.15) is 0 Å². The first-order valence-electron chi connectivity index (χ1n) is 8.24. The largest absolute Gasteiger partial charge is 0.360 e. The van der Waals surface area contributed by atoms with Crippen molar-refractivity contribution in [1.29, 1.82) is 0 Å². The van der Waals surface area contributed by atoms with Crippen LogP contribution in [0.15, 0.2) is 10.6 Å². The topological polar surface area (TPSA) is 55.3 Å². The van der Waals surface area contributed by atoms with E-state index >= 15 is 0 Å². The van der Waals surface area contributed by atoms with Gasteiger partial charge in [-0.1, -0.05) is 30.8 Å². The second-order valence-electron chi connectivity index (χ2n) is 6.54. The predicted octanol–water partition coefficient (Wildman–Crippen LogP) is 3.04. The molecule has 0 amide bonds. The van der Waals surface area contributed by atoms with Crippen LogP contribution in [0, 0.1) is 0 Å². The van der Waals surface area contributed by atoms with E-state index < -0.39 is 0 Å². The van der Waals surface area contributed by atoms with E-state index in [9.17, 15) is 0 Å². The highest BCUT2D eigenvalue weighted by Crippen LogP contribution is 2.32. The first-order chi connectivity index (χ1) is 9.81. The molecule has 2 aliphatic rings. The minimum absolute atomic E-state index is 0.318. The minimum atomic E-state index is 0.318. The van der Waals surface area contributed by atoms with Crippen molar-refractivity contribution in [2.75, 3.05) is 13.1 Å². The molecule has 1 saturated carbocycles. The Kier molecular flexibility index (Phi) is 4.73. The van der Waals surface area contributed by atoms with Crippen LogP contribution in [0.25, 0.3) is 0 Å². The van der Waals surface area contributed by atoms with Crippen LogP contribution in [0.4, 0.5) is 0 Å². The standard InChI is InChI=1S/C16H27N3O/c17-14-8-4-5-9-19(11-14)12-15-10-16(18-20-15)13-6-2-1-3-7-13/h10,13-14H,1-9,11-12,17H2/t14-/m0/s1. The van der Waals surface area contributed by atoms with Crippen molar-refractivity contribution in [2.24, 2.45) is 5.73 Å². The lowest BCUT2D eigenvalue weighted by atomic mass is 9.87. The highest BCUT2D eigenvalue weighted by Gasteiger charge is 2.21. The van der Waals surface area contributed by atoms with E-state index in [2.05, 4.69) is 16.1 Å². The Morgan fingerprint density at radius 2 is 1.95 bits per heavy atom. The first kappa shape index (κ1) is 14.1. The molecule has 4 heteroatoms. The first-order valence-corrected chi connectivity index (χ1v) is 8.24. The molecule has 1 aromatic heterocycles. The van der Waals surface area contributed by atoms with Crippen molar-refractivity contribution in [1.82, 2.24) is 10.1 Å². The number of aromatic nitrogens is 1. The Labute approximate surface area is 121 Å². The Bertz CT molecular complexity index is 412.